The van der Waals surface area contributed by atoms with Crippen LogP contribution in [0.2, 0.25) is 0 Å². The van der Waals surface area contributed by atoms with Crippen molar-refractivity contribution >= 4 is 31.6 Å². The summed E-state index contributed by atoms with van der Waals surface area (Å²) in [4.78, 5) is 0.188. The van der Waals surface area contributed by atoms with Gasteiger partial charge in [0.15, 0.2) is 0 Å². The maximum absolute atomic E-state index is 12.8. The molecule has 0 heterocycles. The first kappa shape index (κ1) is 18.0. The van der Waals surface area contributed by atoms with Gasteiger partial charge in [-0.25, -0.2) is 8.42 Å². The number of hydrogen-bond donors (Lipinski definition) is 1. The molecule has 0 spiro atoms. The van der Waals surface area contributed by atoms with Gasteiger partial charge >= 0.3 is 0 Å². The first-order valence-corrected chi connectivity index (χ1v) is 8.86. The number of nitrogens with two attached hydrogens (primary N) is 1. The third-order valence-corrected chi connectivity index (χ3v) is 5.47. The maximum atomic E-state index is 12.8. The molecule has 1 rings (SSSR count). The standard InChI is InChI=1S/C14H20BrN3O2S/c1-10(2)9-18(6-4-5-16)21(19,20)14-8-12(15)7-13(17)11(14)3/h7-8,10H,4,6,9,17H2,1-3H3. The molecule has 0 amide bonds. The second-order valence-corrected chi connectivity index (χ2v) is 8.11. The van der Waals surface area contributed by atoms with Gasteiger partial charge in [0.05, 0.1) is 11.0 Å². The fourth-order valence-corrected chi connectivity index (χ4v) is 4.48. The summed E-state index contributed by atoms with van der Waals surface area (Å²) in [5, 5.41) is 8.73. The summed E-state index contributed by atoms with van der Waals surface area (Å²) >= 11 is 3.28. The largest absolute Gasteiger partial charge is 0.398 e. The predicted octanol–water partition coefficient (Wildman–Crippen LogP) is 2.90. The summed E-state index contributed by atoms with van der Waals surface area (Å²) in [5.41, 5.74) is 6.81. The van der Waals surface area contributed by atoms with Crippen LogP contribution in [0.1, 0.15) is 25.8 Å². The van der Waals surface area contributed by atoms with Gasteiger partial charge in [-0.1, -0.05) is 29.8 Å². The quantitative estimate of drug-likeness (QED) is 0.776. The molecule has 0 fully saturated rings. The number of nitriles is 1. The highest BCUT2D eigenvalue weighted by Crippen LogP contribution is 2.29. The van der Waals surface area contributed by atoms with Gasteiger partial charge in [0.25, 0.3) is 0 Å². The fourth-order valence-electron chi connectivity index (χ4n) is 1.97. The lowest BCUT2D eigenvalue weighted by atomic mass is 10.2. The maximum Gasteiger partial charge on any atom is 0.243 e. The lowest BCUT2D eigenvalue weighted by Gasteiger charge is -2.24. The van der Waals surface area contributed by atoms with Gasteiger partial charge in [-0.15, -0.1) is 0 Å². The van der Waals surface area contributed by atoms with Crippen LogP contribution in [0.15, 0.2) is 21.5 Å². The highest BCUT2D eigenvalue weighted by molar-refractivity contribution is 9.10. The topological polar surface area (TPSA) is 87.2 Å². The molecule has 0 aliphatic heterocycles. The van der Waals surface area contributed by atoms with Crippen molar-refractivity contribution in [3.63, 3.8) is 0 Å². The van der Waals surface area contributed by atoms with Crippen LogP contribution in [0.5, 0.6) is 0 Å². The smallest absolute Gasteiger partial charge is 0.243 e. The molecule has 0 aliphatic carbocycles. The molecular weight excluding hydrogens is 354 g/mol. The predicted molar refractivity (Wildman–Crippen MR) is 87.1 cm³/mol. The number of halogens is 1. The summed E-state index contributed by atoms with van der Waals surface area (Å²) in [6.07, 6.45) is 0.161. The van der Waals surface area contributed by atoms with Crippen LogP contribution >= 0.6 is 15.9 Å². The Morgan fingerprint density at radius 1 is 1.43 bits per heavy atom. The molecule has 0 bridgehead atoms. The van der Waals surface area contributed by atoms with Crippen LogP contribution in [0.3, 0.4) is 0 Å². The van der Waals surface area contributed by atoms with E-state index in [1.807, 2.05) is 19.9 Å². The number of benzene rings is 1. The van der Waals surface area contributed by atoms with E-state index >= 15 is 0 Å². The number of rotatable bonds is 6. The number of hydrogen-bond acceptors (Lipinski definition) is 4. The first-order chi connectivity index (χ1) is 9.70. The Hall–Kier alpha value is -1.10. The average molecular weight is 374 g/mol. The number of nitrogen functional groups attached to an aromatic ring is 1. The van der Waals surface area contributed by atoms with E-state index < -0.39 is 10.0 Å². The summed E-state index contributed by atoms with van der Waals surface area (Å²) in [6, 6.07) is 5.23. The molecule has 2 N–H and O–H groups in total. The zero-order valence-electron chi connectivity index (χ0n) is 12.4. The van der Waals surface area contributed by atoms with E-state index in [-0.39, 0.29) is 23.8 Å². The van der Waals surface area contributed by atoms with Gasteiger partial charge in [-0.05, 0) is 30.5 Å². The van der Waals surface area contributed by atoms with E-state index in [4.69, 9.17) is 11.0 Å². The van der Waals surface area contributed by atoms with E-state index in [9.17, 15) is 8.42 Å². The van der Waals surface area contributed by atoms with Crippen LogP contribution in [0.25, 0.3) is 0 Å². The Morgan fingerprint density at radius 3 is 2.57 bits per heavy atom. The third kappa shape index (κ3) is 4.43. The summed E-state index contributed by atoms with van der Waals surface area (Å²) in [7, 11) is -3.67. The lowest BCUT2D eigenvalue weighted by molar-refractivity contribution is 0.372. The van der Waals surface area contributed by atoms with E-state index in [2.05, 4.69) is 15.9 Å². The minimum absolute atomic E-state index is 0.161. The van der Waals surface area contributed by atoms with Crippen LogP contribution in [0.4, 0.5) is 5.69 Å². The SMILES string of the molecule is Cc1c(N)cc(Br)cc1S(=O)(=O)N(CCC#N)CC(C)C. The molecule has 21 heavy (non-hydrogen) atoms. The molecule has 0 aliphatic rings. The van der Waals surface area contributed by atoms with Crippen molar-refractivity contribution in [3.05, 3.63) is 22.2 Å². The minimum atomic E-state index is -3.67. The zero-order chi connectivity index (χ0) is 16.2. The van der Waals surface area contributed by atoms with E-state index in [0.717, 1.165) is 0 Å². The van der Waals surface area contributed by atoms with Crippen LogP contribution in [0, 0.1) is 24.2 Å². The van der Waals surface area contributed by atoms with E-state index in [0.29, 0.717) is 22.3 Å². The van der Waals surface area contributed by atoms with Crippen molar-refractivity contribution < 1.29 is 8.42 Å². The number of sulfonamides is 1. The molecule has 5 nitrogen and oxygen atoms in total. The molecule has 0 radical (unpaired) electrons. The molecule has 1 aromatic carbocycles. The Morgan fingerprint density at radius 2 is 2.05 bits per heavy atom. The van der Waals surface area contributed by atoms with Crippen molar-refractivity contribution in [2.75, 3.05) is 18.8 Å². The van der Waals surface area contributed by atoms with Gasteiger partial charge in [0.2, 0.25) is 10.0 Å². The number of nitrogens with zero attached hydrogens (tertiary/aromatic N) is 2. The molecular formula is C14H20BrN3O2S. The highest BCUT2D eigenvalue weighted by Gasteiger charge is 2.27. The second-order valence-electron chi connectivity index (χ2n) is 5.28. The second kappa shape index (κ2) is 7.25. The lowest BCUT2D eigenvalue weighted by Crippen LogP contribution is -2.35. The summed E-state index contributed by atoms with van der Waals surface area (Å²) < 4.78 is 27.7. The van der Waals surface area contributed by atoms with Crippen LogP contribution in [-0.2, 0) is 10.0 Å². The van der Waals surface area contributed by atoms with E-state index in [1.54, 1.807) is 19.1 Å². The Balaban J connectivity index is 3.32. The fraction of sp³-hybridized carbons (Fsp3) is 0.500. The summed E-state index contributed by atoms with van der Waals surface area (Å²) in [6.45, 7) is 6.12. The normalized spacial score (nSPS) is 11.9. The molecule has 0 aromatic heterocycles. The molecule has 7 heteroatoms. The van der Waals surface area contributed by atoms with Crippen molar-refractivity contribution in [1.29, 1.82) is 5.26 Å². The Labute approximate surface area is 134 Å². The Kier molecular flexibility index (Phi) is 6.20. The monoisotopic (exact) mass is 373 g/mol. The molecule has 1 aromatic rings. The first-order valence-electron chi connectivity index (χ1n) is 6.62. The van der Waals surface area contributed by atoms with Crippen molar-refractivity contribution in [3.8, 4) is 6.07 Å². The van der Waals surface area contributed by atoms with Gasteiger partial charge in [-0.3, -0.25) is 0 Å². The molecule has 0 saturated heterocycles. The highest BCUT2D eigenvalue weighted by atomic mass is 79.9. The molecule has 116 valence electrons. The summed E-state index contributed by atoms with van der Waals surface area (Å²) in [5.74, 6) is 0.170. The molecule has 0 unspecified atom stereocenters. The number of anilines is 1. The van der Waals surface area contributed by atoms with Gasteiger partial charge in [0.1, 0.15) is 0 Å². The third-order valence-electron chi connectivity index (χ3n) is 3.02. The Bertz CT molecular complexity index is 651. The zero-order valence-corrected chi connectivity index (χ0v) is 14.8. The van der Waals surface area contributed by atoms with Crippen molar-refractivity contribution in [2.24, 2.45) is 5.92 Å². The van der Waals surface area contributed by atoms with E-state index in [1.165, 1.54) is 4.31 Å². The molecule has 0 saturated carbocycles. The van der Waals surface area contributed by atoms with Crippen LogP contribution in [-0.4, -0.2) is 25.8 Å². The van der Waals surface area contributed by atoms with Crippen molar-refractivity contribution in [2.45, 2.75) is 32.1 Å². The van der Waals surface area contributed by atoms with Crippen LogP contribution < -0.4 is 5.73 Å². The van der Waals surface area contributed by atoms with Gasteiger partial charge < -0.3 is 5.73 Å². The minimum Gasteiger partial charge on any atom is -0.398 e. The van der Waals surface area contributed by atoms with Gasteiger partial charge in [0, 0.05) is 29.7 Å². The molecule has 0 atom stereocenters. The van der Waals surface area contributed by atoms with Crippen molar-refractivity contribution in [1.82, 2.24) is 4.31 Å². The van der Waals surface area contributed by atoms with Gasteiger partial charge in [-0.2, -0.15) is 9.57 Å². The average Bonchev–Trinajstić information content (AvgIpc) is 2.38.